The number of hydrogen-bond acceptors (Lipinski definition) is 5. The van der Waals surface area contributed by atoms with Crippen LogP contribution in [0.15, 0.2) is 30.3 Å². The minimum atomic E-state index is -0.605. The molecule has 0 aliphatic carbocycles. The van der Waals surface area contributed by atoms with Gasteiger partial charge in [0, 0.05) is 19.0 Å². The Morgan fingerprint density at radius 3 is 2.59 bits per heavy atom. The fourth-order valence-corrected chi connectivity index (χ4v) is 2.90. The number of benzene rings is 1. The van der Waals surface area contributed by atoms with Crippen molar-refractivity contribution in [1.82, 2.24) is 10.2 Å². The van der Waals surface area contributed by atoms with Crippen LogP contribution < -0.4 is 5.32 Å². The van der Waals surface area contributed by atoms with E-state index in [4.69, 9.17) is 9.47 Å². The largest absolute Gasteiger partial charge is 0.444 e. The maximum absolute atomic E-state index is 12.3. The van der Waals surface area contributed by atoms with Crippen molar-refractivity contribution in [2.24, 2.45) is 0 Å². The zero-order valence-corrected chi connectivity index (χ0v) is 16.2. The minimum Gasteiger partial charge on any atom is -0.444 e. The molecule has 1 saturated heterocycles. The van der Waals surface area contributed by atoms with Crippen molar-refractivity contribution in [3.05, 3.63) is 35.9 Å². The first-order chi connectivity index (χ1) is 12.8. The van der Waals surface area contributed by atoms with Gasteiger partial charge in [-0.3, -0.25) is 4.79 Å². The molecule has 1 N–H and O–H groups in total. The van der Waals surface area contributed by atoms with Crippen molar-refractivity contribution >= 4 is 18.1 Å². The highest BCUT2D eigenvalue weighted by Crippen LogP contribution is 2.23. The third-order valence-corrected chi connectivity index (χ3v) is 4.11. The molecule has 1 aromatic carbocycles. The molecule has 1 heterocycles. The standard InChI is InChI=1S/C20H28N2O5/c1-20(2,3)27-18(24)21-13-7-10-16-11-12-17(23)22(16)19(25)26-14-15-8-5-4-6-9-15/h4-6,8-9,16H,7,10-14H2,1-3H3,(H,21,24)/t16-/m1/s1. The van der Waals surface area contributed by atoms with E-state index in [1.54, 1.807) is 20.8 Å². The number of nitrogens with zero attached hydrogens (tertiary/aromatic N) is 1. The van der Waals surface area contributed by atoms with E-state index in [2.05, 4.69) is 5.32 Å². The number of carbonyl (C=O) groups excluding carboxylic acids is 3. The molecule has 7 heteroatoms. The van der Waals surface area contributed by atoms with Gasteiger partial charge in [-0.25, -0.2) is 14.5 Å². The number of carbonyl (C=O) groups is 3. The minimum absolute atomic E-state index is 0.135. The average molecular weight is 376 g/mol. The lowest BCUT2D eigenvalue weighted by Gasteiger charge is -2.23. The number of ether oxygens (including phenoxy) is 2. The first kappa shape index (κ1) is 20.7. The molecular formula is C20H28N2O5. The monoisotopic (exact) mass is 376 g/mol. The lowest BCUT2D eigenvalue weighted by molar-refractivity contribution is -0.127. The number of likely N-dealkylation sites (tertiary alicyclic amines) is 1. The van der Waals surface area contributed by atoms with E-state index in [1.165, 1.54) is 4.90 Å². The first-order valence-electron chi connectivity index (χ1n) is 9.26. The second kappa shape index (κ2) is 9.39. The van der Waals surface area contributed by atoms with Crippen LogP contribution in [0.5, 0.6) is 0 Å². The number of nitrogens with one attached hydrogen (secondary N) is 1. The van der Waals surface area contributed by atoms with Gasteiger partial charge in [-0.15, -0.1) is 0 Å². The highest BCUT2D eigenvalue weighted by molar-refractivity contribution is 5.94. The van der Waals surface area contributed by atoms with E-state index < -0.39 is 17.8 Å². The Labute approximate surface area is 160 Å². The van der Waals surface area contributed by atoms with Gasteiger partial charge < -0.3 is 14.8 Å². The van der Waals surface area contributed by atoms with E-state index in [-0.39, 0.29) is 18.6 Å². The molecule has 1 aliphatic rings. The zero-order chi connectivity index (χ0) is 19.9. The maximum atomic E-state index is 12.3. The van der Waals surface area contributed by atoms with Crippen LogP contribution in [0.4, 0.5) is 9.59 Å². The molecule has 7 nitrogen and oxygen atoms in total. The molecule has 0 spiro atoms. The third-order valence-electron chi connectivity index (χ3n) is 4.11. The lowest BCUT2D eigenvalue weighted by atomic mass is 10.1. The van der Waals surface area contributed by atoms with Crippen molar-refractivity contribution in [2.75, 3.05) is 6.54 Å². The fourth-order valence-electron chi connectivity index (χ4n) is 2.90. The van der Waals surface area contributed by atoms with Crippen LogP contribution in [0.1, 0.15) is 52.0 Å². The van der Waals surface area contributed by atoms with Crippen LogP contribution in [0.25, 0.3) is 0 Å². The van der Waals surface area contributed by atoms with Gasteiger partial charge in [-0.1, -0.05) is 30.3 Å². The quantitative estimate of drug-likeness (QED) is 0.767. The SMILES string of the molecule is CC(C)(C)OC(=O)NCCC[C@@H]1CCC(=O)N1C(=O)OCc1ccccc1. The van der Waals surface area contributed by atoms with Crippen LogP contribution in [-0.2, 0) is 20.9 Å². The Morgan fingerprint density at radius 1 is 1.22 bits per heavy atom. The van der Waals surface area contributed by atoms with Gasteiger partial charge in [0.05, 0.1) is 0 Å². The number of rotatable bonds is 6. The lowest BCUT2D eigenvalue weighted by Crippen LogP contribution is -2.39. The average Bonchev–Trinajstić information content (AvgIpc) is 2.97. The van der Waals surface area contributed by atoms with Gasteiger partial charge in [0.1, 0.15) is 12.2 Å². The van der Waals surface area contributed by atoms with Crippen LogP contribution in [-0.4, -0.2) is 41.2 Å². The van der Waals surface area contributed by atoms with Crippen molar-refractivity contribution in [1.29, 1.82) is 0 Å². The van der Waals surface area contributed by atoms with E-state index >= 15 is 0 Å². The normalized spacial score (nSPS) is 16.9. The van der Waals surface area contributed by atoms with Crippen molar-refractivity contribution in [2.45, 2.75) is 64.7 Å². The van der Waals surface area contributed by atoms with E-state index in [9.17, 15) is 14.4 Å². The van der Waals surface area contributed by atoms with Crippen molar-refractivity contribution in [3.63, 3.8) is 0 Å². The highest BCUT2D eigenvalue weighted by atomic mass is 16.6. The van der Waals surface area contributed by atoms with Crippen LogP contribution in [0.3, 0.4) is 0 Å². The Balaban J connectivity index is 1.76. The summed E-state index contributed by atoms with van der Waals surface area (Å²) >= 11 is 0. The summed E-state index contributed by atoms with van der Waals surface area (Å²) in [4.78, 5) is 37.2. The summed E-state index contributed by atoms with van der Waals surface area (Å²) in [5.74, 6) is -0.210. The predicted molar refractivity (Wildman–Crippen MR) is 100.0 cm³/mol. The summed E-state index contributed by atoms with van der Waals surface area (Å²) in [5, 5.41) is 2.68. The Bertz CT molecular complexity index is 654. The molecule has 3 amide bonds. The maximum Gasteiger partial charge on any atom is 0.417 e. The molecule has 2 rings (SSSR count). The molecule has 0 aromatic heterocycles. The second-order valence-electron chi connectivity index (χ2n) is 7.57. The van der Waals surface area contributed by atoms with Crippen LogP contribution in [0, 0.1) is 0 Å². The van der Waals surface area contributed by atoms with Gasteiger partial charge in [-0.05, 0) is 45.6 Å². The number of imide groups is 1. The molecule has 1 aliphatic heterocycles. The number of amides is 3. The Morgan fingerprint density at radius 2 is 1.93 bits per heavy atom. The predicted octanol–water partition coefficient (Wildman–Crippen LogP) is 3.62. The first-order valence-corrected chi connectivity index (χ1v) is 9.26. The van der Waals surface area contributed by atoms with E-state index in [1.807, 2.05) is 30.3 Å². The molecule has 27 heavy (non-hydrogen) atoms. The topological polar surface area (TPSA) is 84.9 Å². The summed E-state index contributed by atoms with van der Waals surface area (Å²) in [6, 6.07) is 9.14. The smallest absolute Gasteiger partial charge is 0.417 e. The fraction of sp³-hybridized carbons (Fsp3) is 0.550. The van der Waals surface area contributed by atoms with Crippen molar-refractivity contribution < 1.29 is 23.9 Å². The summed E-state index contributed by atoms with van der Waals surface area (Å²) in [7, 11) is 0. The van der Waals surface area contributed by atoms with Crippen LogP contribution in [0.2, 0.25) is 0 Å². The second-order valence-corrected chi connectivity index (χ2v) is 7.57. The molecular weight excluding hydrogens is 348 g/mol. The molecule has 0 radical (unpaired) electrons. The molecule has 1 atom stereocenters. The summed E-state index contributed by atoms with van der Waals surface area (Å²) in [5.41, 5.74) is 0.331. The van der Waals surface area contributed by atoms with Gasteiger partial charge in [0.15, 0.2) is 0 Å². The molecule has 148 valence electrons. The van der Waals surface area contributed by atoms with Gasteiger partial charge in [0.25, 0.3) is 0 Å². The summed E-state index contributed by atoms with van der Waals surface area (Å²) < 4.78 is 10.5. The van der Waals surface area contributed by atoms with Gasteiger partial charge >= 0.3 is 12.2 Å². The van der Waals surface area contributed by atoms with Crippen LogP contribution >= 0.6 is 0 Å². The summed E-state index contributed by atoms with van der Waals surface area (Å²) in [6.07, 6.45) is 1.13. The summed E-state index contributed by atoms with van der Waals surface area (Å²) in [6.45, 7) is 5.96. The van der Waals surface area contributed by atoms with Crippen molar-refractivity contribution in [3.8, 4) is 0 Å². The van der Waals surface area contributed by atoms with Gasteiger partial charge in [-0.2, -0.15) is 0 Å². The molecule has 0 unspecified atom stereocenters. The highest BCUT2D eigenvalue weighted by Gasteiger charge is 2.36. The Kier molecular flexibility index (Phi) is 7.21. The van der Waals surface area contributed by atoms with Gasteiger partial charge in [0.2, 0.25) is 5.91 Å². The molecule has 0 saturated carbocycles. The number of hydrogen-bond donors (Lipinski definition) is 1. The molecule has 0 bridgehead atoms. The molecule has 1 aromatic rings. The zero-order valence-electron chi connectivity index (χ0n) is 16.2. The Hall–Kier alpha value is -2.57. The van der Waals surface area contributed by atoms with E-state index in [0.717, 1.165) is 5.56 Å². The third kappa shape index (κ3) is 6.92. The molecule has 1 fully saturated rings. The number of alkyl carbamates (subject to hydrolysis) is 1. The van der Waals surface area contributed by atoms with E-state index in [0.29, 0.717) is 32.2 Å².